The van der Waals surface area contributed by atoms with Gasteiger partial charge in [-0.15, -0.1) is 0 Å². The van der Waals surface area contributed by atoms with Crippen molar-refractivity contribution in [2.24, 2.45) is 39.0 Å². The molecule has 0 amide bonds. The Morgan fingerprint density at radius 3 is 0.877 bits per heavy atom. The predicted molar refractivity (Wildman–Crippen MR) is 509 cm³/mol. The van der Waals surface area contributed by atoms with Crippen LogP contribution in [0.2, 0.25) is 78.6 Å². The molecule has 0 aliphatic heterocycles. The van der Waals surface area contributed by atoms with Crippen molar-refractivity contribution in [3.8, 4) is 89.5 Å². The van der Waals surface area contributed by atoms with Crippen LogP contribution in [0.15, 0.2) is 207 Å². The summed E-state index contributed by atoms with van der Waals surface area (Å²) in [6.45, 7) is 57.0. The van der Waals surface area contributed by atoms with Gasteiger partial charge in [-0.1, -0.05) is 284 Å². The van der Waals surface area contributed by atoms with E-state index in [-0.39, 0.29) is 0 Å². The Morgan fingerprint density at radius 2 is 0.561 bits per heavy atom. The van der Waals surface area contributed by atoms with Gasteiger partial charge >= 0.3 is 0 Å². The zero-order valence-electron chi connectivity index (χ0n) is 85.4. The van der Waals surface area contributed by atoms with Crippen LogP contribution in [-0.2, 0) is 40.9 Å². The van der Waals surface area contributed by atoms with Crippen LogP contribution in [0.5, 0.6) is 0 Å². The van der Waals surface area contributed by atoms with E-state index in [0.29, 0.717) is 22.3 Å². The summed E-state index contributed by atoms with van der Waals surface area (Å²) in [6, 6.07) is 65.9. The summed E-state index contributed by atoms with van der Waals surface area (Å²) in [5.74, 6) is 0. The zero-order chi connectivity index (χ0) is 93.0. The van der Waals surface area contributed by atoms with Crippen LogP contribution in [0.25, 0.3) is 89.5 Å². The minimum absolute atomic E-state index is 0.360. The molecule has 0 saturated carbocycles. The lowest BCUT2D eigenvalue weighted by Crippen LogP contribution is -2.39. The molecule has 114 heavy (non-hydrogen) atoms. The molecule has 596 valence electrons. The molecule has 0 bridgehead atoms. The van der Waals surface area contributed by atoms with Gasteiger partial charge in [0.1, 0.15) is 28.2 Å². The smallest absolute Gasteiger partial charge is 0.201 e. The molecule has 0 fully saturated rings. The van der Waals surface area contributed by atoms with Crippen molar-refractivity contribution in [1.82, 2.24) is 0 Å². The van der Waals surface area contributed by atoms with Gasteiger partial charge < -0.3 is 0 Å². The lowest BCUT2D eigenvalue weighted by Gasteiger charge is -2.25. The number of nitrogens with zero attached hydrogens (tertiary/aromatic N) is 4. The van der Waals surface area contributed by atoms with E-state index in [9.17, 15) is 2.74 Å². The van der Waals surface area contributed by atoms with E-state index in [1.54, 1.807) is 18.5 Å². The maximum absolute atomic E-state index is 9.24. The third kappa shape index (κ3) is 22.4. The molecule has 8 aromatic carbocycles. The van der Waals surface area contributed by atoms with Crippen LogP contribution >= 0.6 is 0 Å². The average Bonchev–Trinajstić information content (AvgIpc) is 0.730. The van der Waals surface area contributed by atoms with Gasteiger partial charge in [0.05, 0.1) is 32.3 Å². The van der Waals surface area contributed by atoms with Crippen molar-refractivity contribution in [3.63, 3.8) is 0 Å². The van der Waals surface area contributed by atoms with Crippen molar-refractivity contribution < 1.29 is 32.0 Å². The Balaban J connectivity index is 0.000000189. The molecule has 4 nitrogen and oxygen atoms in total. The largest absolute Gasteiger partial charge is 0.212 e. The first-order chi connectivity index (χ1) is 56.8. The predicted octanol–water partition coefficient (Wildman–Crippen LogP) is 24.4. The van der Waals surface area contributed by atoms with Gasteiger partial charge in [0.15, 0.2) is 24.8 Å². The number of hydrogen-bond donors (Lipinski definition) is 0. The van der Waals surface area contributed by atoms with Crippen molar-refractivity contribution in [1.29, 1.82) is 0 Å². The molecule has 0 atom stereocenters. The van der Waals surface area contributed by atoms with Crippen LogP contribution < -0.4 is 39.0 Å². The van der Waals surface area contributed by atoms with Crippen LogP contribution in [0.1, 0.15) is 133 Å². The number of aromatic nitrogens is 4. The van der Waals surface area contributed by atoms with Crippen LogP contribution in [-0.4, -0.2) is 32.3 Å². The fourth-order valence-electron chi connectivity index (χ4n) is 15.1. The number of benzene rings is 8. The Labute approximate surface area is 709 Å². The monoisotopic (exact) mass is 1590 g/mol. The summed E-state index contributed by atoms with van der Waals surface area (Å²) < 4.78 is 91.2. The van der Waals surface area contributed by atoms with Crippen LogP contribution in [0.3, 0.4) is 0 Å². The van der Waals surface area contributed by atoms with Gasteiger partial charge in [0.25, 0.3) is 0 Å². The first-order valence-electron chi connectivity index (χ1n) is 45.8. The summed E-state index contributed by atoms with van der Waals surface area (Å²) in [4.78, 5) is 0. The highest BCUT2D eigenvalue weighted by molar-refractivity contribution is 6.91. The number of rotatable bonds is 14. The Hall–Kier alpha value is -8.77. The van der Waals surface area contributed by atoms with Gasteiger partial charge in [-0.25, -0.2) is 18.3 Å². The second kappa shape index (κ2) is 35.4. The standard InChI is InChI=1S/C33H48NSi.C25H32NSi.2C24H30NSi/c1-23-13-15-25(16-14-23)29-19-28(24(2)17-31(29)35(10,11)12)30-18-26(20-32(3,4)5)27(22-34(30)9)21-33(6,7)8;1-17-9-11-21(12-10-17)23-15-22(19(3)14-25(23)27(6,7)8)24-13-18(2)20(4)16-26(24)5;1-17-8-11-20(12-9-17)22-15-21(19(3)14-24(22)26(5,6)7)23-13-10-18(2)16-25(23)4;1-17-8-10-20(11-9-17)22-16-21(19(3)15-24(22)26(5,6)7)23-14-18(2)12-13-25(23)4/h13-19,22H,20-21H2,1-12H3;9-16H,1-8H3;2*8-16H,1-7H3/q4*+1/i20D2,21D2;4D3;2D3;. The summed E-state index contributed by atoms with van der Waals surface area (Å²) in [6.07, 6.45) is 3.98. The van der Waals surface area contributed by atoms with E-state index in [0.717, 1.165) is 44.9 Å². The highest BCUT2D eigenvalue weighted by Gasteiger charge is 2.31. The minimum Gasteiger partial charge on any atom is -0.201 e. The third-order valence-corrected chi connectivity index (χ3v) is 29.6. The van der Waals surface area contributed by atoms with Crippen LogP contribution in [0, 0.1) is 93.8 Å². The van der Waals surface area contributed by atoms with Crippen molar-refractivity contribution in [2.45, 2.75) is 216 Å². The Kier molecular flexibility index (Phi) is 23.3. The normalized spacial score (nSPS) is 13.8. The summed E-state index contributed by atoms with van der Waals surface area (Å²) >= 11 is 0. The zero-order valence-corrected chi connectivity index (χ0v) is 79.4. The van der Waals surface area contributed by atoms with Gasteiger partial charge in [0.2, 0.25) is 22.8 Å². The molecule has 12 aromatic rings. The van der Waals surface area contributed by atoms with Crippen LogP contribution in [0.4, 0.5) is 0 Å². The third-order valence-electron chi connectivity index (χ3n) is 21.5. The molecule has 4 aromatic heterocycles. The van der Waals surface area contributed by atoms with Crippen molar-refractivity contribution in [2.75, 3.05) is 0 Å². The SMILES string of the molecule is Cc1ccc(-c2cc(-c3cc(C)cc[n+]3C)c(C)cc2[Si](C)(C)C)cc1.[2H]C([2H])([2H])c1c[n+](C)c(-c2cc(-c3ccc(C)cc3)c([Si](C)(C)C)cc2C)cc1C.[2H]C([2H])([2H])c1ccc(-c2cc(-c3ccc(C)cc3)c([Si](C)(C)C)cc2C)[n+](C)c1.[2H]C([2H])(c1cc(-c2cc(-c3ccc(C)cc3)c([Si](C)(C)C)cc2C)[n+](C)cc1C([2H])([2H])C(C)(C)C)C(C)(C)C. The molecule has 8 heteroatoms. The highest BCUT2D eigenvalue weighted by atomic mass is 28.3. The number of pyridine rings is 4. The lowest BCUT2D eigenvalue weighted by molar-refractivity contribution is -0.661. The summed E-state index contributed by atoms with van der Waals surface area (Å²) in [5, 5.41) is 5.84. The molecule has 0 unspecified atom stereocenters. The summed E-state index contributed by atoms with van der Waals surface area (Å²) in [7, 11) is 1.66. The van der Waals surface area contributed by atoms with Gasteiger partial charge in [0, 0.05) is 83.0 Å². The van der Waals surface area contributed by atoms with Gasteiger partial charge in [-0.05, 0) is 220 Å². The molecule has 0 N–H and O–H groups in total. The molecular formula is C106H140N4Si4+4. The topological polar surface area (TPSA) is 15.5 Å². The van der Waals surface area contributed by atoms with Gasteiger partial charge in [-0.2, -0.15) is 0 Å². The second-order valence-electron chi connectivity index (χ2n) is 38.6. The summed E-state index contributed by atoms with van der Waals surface area (Å²) in [5.41, 5.74) is 31.3. The maximum Gasteiger partial charge on any atom is 0.212 e. The van der Waals surface area contributed by atoms with E-state index in [2.05, 4.69) is 316 Å². The average molecular weight is 1590 g/mol. The van der Waals surface area contributed by atoms with E-state index in [1.165, 1.54) is 121 Å². The van der Waals surface area contributed by atoms with E-state index >= 15 is 0 Å². The maximum atomic E-state index is 9.24. The molecule has 0 spiro atoms. The van der Waals surface area contributed by atoms with E-state index < -0.39 is 69.6 Å². The number of hydrogen-bond acceptors (Lipinski definition) is 0. The molecule has 12 rings (SSSR count). The lowest BCUT2D eigenvalue weighted by atomic mass is 9.81. The highest BCUT2D eigenvalue weighted by Crippen LogP contribution is 2.37. The molecule has 0 saturated heterocycles. The first-order valence-corrected chi connectivity index (χ1v) is 54.8. The molecule has 0 aliphatic rings. The van der Waals surface area contributed by atoms with Crippen molar-refractivity contribution >= 4 is 53.0 Å². The first kappa shape index (κ1) is 75.3. The number of aryl methyl sites for hydroxylation is 16. The Morgan fingerprint density at radius 1 is 0.263 bits per heavy atom. The molecule has 0 aliphatic carbocycles. The van der Waals surface area contributed by atoms with Crippen molar-refractivity contribution in [3.05, 3.63) is 285 Å². The Bertz CT molecular complexity index is 5900. The fraction of sp³-hybridized carbons (Fsp3) is 0.358. The quantitative estimate of drug-likeness (QED) is 0.0762. The van der Waals surface area contributed by atoms with E-state index in [1.807, 2.05) is 108 Å². The minimum atomic E-state index is -2.11. The fourth-order valence-corrected chi connectivity index (χ4v) is 21.8. The van der Waals surface area contributed by atoms with Gasteiger partial charge in [-0.3, -0.25) is 0 Å². The molecular weight excluding hydrogens is 1440 g/mol. The second-order valence-corrected chi connectivity index (χ2v) is 58.8. The molecule has 0 radical (unpaired) electrons. The molecule has 4 heterocycles. The van der Waals surface area contributed by atoms with E-state index in [4.69, 9.17) is 11.0 Å².